The van der Waals surface area contributed by atoms with E-state index >= 15 is 0 Å². The van der Waals surface area contributed by atoms with Crippen LogP contribution in [0, 0.1) is 0 Å². The summed E-state index contributed by atoms with van der Waals surface area (Å²) >= 11 is 1.51. The van der Waals surface area contributed by atoms with Gasteiger partial charge < -0.3 is 5.32 Å². The number of nitrogens with one attached hydrogen (secondary N) is 2. The SMILES string of the molecule is CCn1c2c(c(=O)[nH]c1=O)[C@H](c1ccsc1)C1=C(N2)c2ccccc2C1=O. The smallest absolute Gasteiger partial charge is 0.329 e. The van der Waals surface area contributed by atoms with Gasteiger partial charge in [-0.3, -0.25) is 19.1 Å². The van der Waals surface area contributed by atoms with Crippen molar-refractivity contribution in [1.29, 1.82) is 0 Å². The molecule has 0 saturated heterocycles. The number of fused-ring (bicyclic) bond motifs is 3. The Hall–Kier alpha value is -3.19. The van der Waals surface area contributed by atoms with E-state index in [1.807, 2.05) is 41.9 Å². The minimum Gasteiger partial charge on any atom is -0.340 e. The molecule has 1 atom stereocenters. The van der Waals surface area contributed by atoms with Crippen LogP contribution in [0.3, 0.4) is 0 Å². The number of aromatic amines is 1. The summed E-state index contributed by atoms with van der Waals surface area (Å²) in [5, 5.41) is 7.11. The fourth-order valence-corrected chi connectivity index (χ4v) is 4.73. The Balaban J connectivity index is 1.88. The molecule has 27 heavy (non-hydrogen) atoms. The van der Waals surface area contributed by atoms with E-state index in [1.165, 1.54) is 15.9 Å². The molecule has 0 fully saturated rings. The number of nitrogens with zero attached hydrogens (tertiary/aromatic N) is 1. The number of Topliss-reactive ketones (excluding diaryl/α,β-unsaturated/α-hetero) is 1. The van der Waals surface area contributed by atoms with E-state index in [0.29, 0.717) is 34.8 Å². The van der Waals surface area contributed by atoms with Gasteiger partial charge in [-0.1, -0.05) is 24.3 Å². The van der Waals surface area contributed by atoms with Crippen molar-refractivity contribution in [3.8, 4) is 0 Å². The number of ketones is 1. The van der Waals surface area contributed by atoms with Crippen LogP contribution >= 0.6 is 11.3 Å². The van der Waals surface area contributed by atoms with Crippen LogP contribution in [0.2, 0.25) is 0 Å². The molecule has 5 rings (SSSR count). The fraction of sp³-hybridized carbons (Fsp3) is 0.150. The molecule has 3 aromatic rings. The molecule has 0 amide bonds. The summed E-state index contributed by atoms with van der Waals surface area (Å²) in [6.07, 6.45) is 0. The first kappa shape index (κ1) is 16.0. The van der Waals surface area contributed by atoms with Crippen LogP contribution in [-0.2, 0) is 6.54 Å². The average Bonchev–Trinajstić information content (AvgIpc) is 3.29. The molecule has 3 heterocycles. The van der Waals surface area contributed by atoms with Crippen molar-refractivity contribution in [3.05, 3.63) is 89.8 Å². The second-order valence-electron chi connectivity index (χ2n) is 6.54. The zero-order chi connectivity index (χ0) is 18.7. The summed E-state index contributed by atoms with van der Waals surface area (Å²) in [5.74, 6) is -0.126. The Labute approximate surface area is 157 Å². The molecular weight excluding hydrogens is 362 g/mol. The maximum atomic E-state index is 13.2. The van der Waals surface area contributed by atoms with Gasteiger partial charge in [-0.05, 0) is 29.3 Å². The minimum absolute atomic E-state index is 0.0800. The van der Waals surface area contributed by atoms with E-state index in [2.05, 4.69) is 10.3 Å². The van der Waals surface area contributed by atoms with Crippen molar-refractivity contribution in [1.82, 2.24) is 9.55 Å². The third kappa shape index (κ3) is 2.09. The Morgan fingerprint density at radius 1 is 1.11 bits per heavy atom. The molecule has 0 bridgehead atoms. The van der Waals surface area contributed by atoms with E-state index in [0.717, 1.165) is 11.1 Å². The quantitative estimate of drug-likeness (QED) is 0.719. The lowest BCUT2D eigenvalue weighted by molar-refractivity contribution is 0.103. The second kappa shape index (κ2) is 5.65. The van der Waals surface area contributed by atoms with Crippen LogP contribution in [0.15, 0.2) is 56.3 Å². The van der Waals surface area contributed by atoms with Gasteiger partial charge in [-0.15, -0.1) is 0 Å². The molecule has 0 saturated carbocycles. The minimum atomic E-state index is -0.510. The van der Waals surface area contributed by atoms with Gasteiger partial charge in [0.1, 0.15) is 5.82 Å². The molecule has 134 valence electrons. The van der Waals surface area contributed by atoms with Gasteiger partial charge >= 0.3 is 5.69 Å². The van der Waals surface area contributed by atoms with Gasteiger partial charge in [0.15, 0.2) is 5.78 Å². The standard InChI is InChI=1S/C20H15N3O3S/c1-2-23-18-15(19(25)22-20(23)26)13(10-7-8-27-9-10)14-16(21-18)11-5-3-4-6-12(11)17(14)24/h3-9,13,21H,2H2,1H3,(H,22,25,26)/t13-/m1/s1. The Morgan fingerprint density at radius 2 is 1.89 bits per heavy atom. The third-order valence-electron chi connectivity index (χ3n) is 5.20. The van der Waals surface area contributed by atoms with Crippen molar-refractivity contribution in [3.63, 3.8) is 0 Å². The van der Waals surface area contributed by atoms with Gasteiger partial charge in [0.2, 0.25) is 0 Å². The molecule has 1 aliphatic heterocycles. The average molecular weight is 377 g/mol. The summed E-state index contributed by atoms with van der Waals surface area (Å²) in [5.41, 5.74) is 3.04. The topological polar surface area (TPSA) is 84.0 Å². The number of hydrogen-bond donors (Lipinski definition) is 2. The predicted octanol–water partition coefficient (Wildman–Crippen LogP) is 2.78. The number of rotatable bonds is 2. The molecule has 6 nitrogen and oxygen atoms in total. The number of hydrogen-bond acceptors (Lipinski definition) is 5. The van der Waals surface area contributed by atoms with Gasteiger partial charge in [-0.2, -0.15) is 11.3 Å². The molecular formula is C20H15N3O3S. The summed E-state index contributed by atoms with van der Waals surface area (Å²) in [6, 6.07) is 9.32. The zero-order valence-corrected chi connectivity index (χ0v) is 15.2. The number of anilines is 1. The van der Waals surface area contributed by atoms with Crippen LogP contribution in [0.4, 0.5) is 5.82 Å². The van der Waals surface area contributed by atoms with E-state index in [1.54, 1.807) is 6.07 Å². The van der Waals surface area contributed by atoms with Gasteiger partial charge in [-0.25, -0.2) is 4.79 Å². The lowest BCUT2D eigenvalue weighted by Gasteiger charge is -2.28. The number of carbonyl (C=O) groups is 1. The van der Waals surface area contributed by atoms with Crippen LogP contribution in [0.25, 0.3) is 5.70 Å². The Morgan fingerprint density at radius 3 is 2.59 bits per heavy atom. The van der Waals surface area contributed by atoms with Crippen LogP contribution in [0.5, 0.6) is 0 Å². The largest absolute Gasteiger partial charge is 0.340 e. The molecule has 1 aliphatic carbocycles. The predicted molar refractivity (Wildman–Crippen MR) is 104 cm³/mol. The molecule has 0 spiro atoms. The van der Waals surface area contributed by atoms with Gasteiger partial charge in [0, 0.05) is 29.2 Å². The number of carbonyl (C=O) groups excluding carboxylic acids is 1. The molecule has 2 aromatic heterocycles. The monoisotopic (exact) mass is 377 g/mol. The lowest BCUT2D eigenvalue weighted by Crippen LogP contribution is -2.38. The van der Waals surface area contributed by atoms with E-state index in [9.17, 15) is 14.4 Å². The number of benzene rings is 1. The molecule has 2 aliphatic rings. The molecule has 7 heteroatoms. The van der Waals surface area contributed by atoms with E-state index in [-0.39, 0.29) is 5.78 Å². The maximum Gasteiger partial charge on any atom is 0.329 e. The number of H-pyrrole nitrogens is 1. The highest BCUT2D eigenvalue weighted by Gasteiger charge is 2.42. The number of aromatic nitrogens is 2. The van der Waals surface area contributed by atoms with Crippen LogP contribution in [0.1, 0.15) is 39.9 Å². The third-order valence-corrected chi connectivity index (χ3v) is 5.91. The molecule has 2 N–H and O–H groups in total. The summed E-state index contributed by atoms with van der Waals surface area (Å²) in [7, 11) is 0. The van der Waals surface area contributed by atoms with Crippen LogP contribution in [-0.4, -0.2) is 15.3 Å². The van der Waals surface area contributed by atoms with Crippen molar-refractivity contribution < 1.29 is 4.79 Å². The highest BCUT2D eigenvalue weighted by atomic mass is 32.1. The first-order valence-corrected chi connectivity index (χ1v) is 9.60. The molecule has 1 aromatic carbocycles. The Kier molecular flexibility index (Phi) is 3.35. The summed E-state index contributed by atoms with van der Waals surface area (Å²) in [4.78, 5) is 40.7. The normalized spacial score (nSPS) is 17.4. The van der Waals surface area contributed by atoms with Crippen molar-refractivity contribution in [2.24, 2.45) is 0 Å². The lowest BCUT2D eigenvalue weighted by atomic mass is 9.83. The highest BCUT2D eigenvalue weighted by molar-refractivity contribution is 7.08. The zero-order valence-electron chi connectivity index (χ0n) is 14.4. The maximum absolute atomic E-state index is 13.2. The highest BCUT2D eigenvalue weighted by Crippen LogP contribution is 2.48. The van der Waals surface area contributed by atoms with Crippen molar-refractivity contribution in [2.45, 2.75) is 19.4 Å². The van der Waals surface area contributed by atoms with Crippen molar-refractivity contribution >= 4 is 28.6 Å². The van der Waals surface area contributed by atoms with Gasteiger partial charge in [0.25, 0.3) is 5.56 Å². The molecule has 0 unspecified atom stereocenters. The van der Waals surface area contributed by atoms with E-state index < -0.39 is 17.2 Å². The van der Waals surface area contributed by atoms with Gasteiger partial charge in [0.05, 0.1) is 11.3 Å². The number of thiophene rings is 1. The number of allylic oxidation sites excluding steroid dienone is 1. The summed E-state index contributed by atoms with van der Waals surface area (Å²) < 4.78 is 1.51. The summed E-state index contributed by atoms with van der Waals surface area (Å²) in [6.45, 7) is 2.25. The molecule has 0 radical (unpaired) electrons. The second-order valence-corrected chi connectivity index (χ2v) is 7.32. The van der Waals surface area contributed by atoms with Crippen molar-refractivity contribution in [2.75, 3.05) is 5.32 Å². The van der Waals surface area contributed by atoms with E-state index in [4.69, 9.17) is 0 Å². The Bertz CT molecular complexity index is 1250. The fourth-order valence-electron chi connectivity index (χ4n) is 4.04. The van der Waals surface area contributed by atoms with Crippen LogP contribution < -0.4 is 16.6 Å². The first-order valence-electron chi connectivity index (χ1n) is 8.66. The first-order chi connectivity index (χ1) is 13.1.